The summed E-state index contributed by atoms with van der Waals surface area (Å²) in [7, 11) is 0. The lowest BCUT2D eigenvalue weighted by Gasteiger charge is -2.12. The largest absolute Gasteiger partial charge is 0.368 e. The number of carbonyl (C=O) groups is 1. The molecule has 162 valence electrons. The van der Waals surface area contributed by atoms with E-state index in [0.717, 1.165) is 47.3 Å². The number of amides is 1. The van der Waals surface area contributed by atoms with Crippen molar-refractivity contribution in [3.8, 4) is 0 Å². The van der Waals surface area contributed by atoms with E-state index in [4.69, 9.17) is 4.74 Å². The van der Waals surface area contributed by atoms with Gasteiger partial charge >= 0.3 is 0 Å². The molecule has 1 aliphatic heterocycles. The molecule has 0 spiro atoms. The number of nitrogens with one attached hydrogen (secondary N) is 3. The van der Waals surface area contributed by atoms with Crippen LogP contribution in [0, 0.1) is 0 Å². The summed E-state index contributed by atoms with van der Waals surface area (Å²) in [5.74, 6) is 1.10. The second kappa shape index (κ2) is 11.1. The van der Waals surface area contributed by atoms with Crippen molar-refractivity contribution in [2.24, 2.45) is 4.99 Å². The Morgan fingerprint density at radius 2 is 2.23 bits per heavy atom. The van der Waals surface area contributed by atoms with Gasteiger partial charge in [-0.25, -0.2) is 9.98 Å². The Hall–Kier alpha value is -2.45. The number of benzene rings is 1. The van der Waals surface area contributed by atoms with Gasteiger partial charge in [-0.05, 0) is 43.4 Å². The number of nitrogens with zero attached hydrogens (tertiary/aromatic N) is 2. The predicted molar refractivity (Wildman–Crippen MR) is 122 cm³/mol. The average Bonchev–Trinajstić information content (AvgIpc) is 3.42. The van der Waals surface area contributed by atoms with Crippen LogP contribution in [0.4, 0.5) is 5.69 Å². The molecule has 1 aromatic carbocycles. The number of anilines is 1. The van der Waals surface area contributed by atoms with Crippen molar-refractivity contribution in [1.82, 2.24) is 15.6 Å². The molecular weight excluding hydrogens is 398 g/mol. The zero-order valence-corrected chi connectivity index (χ0v) is 18.7. The highest BCUT2D eigenvalue weighted by Gasteiger charge is 2.23. The van der Waals surface area contributed by atoms with E-state index in [0.29, 0.717) is 25.6 Å². The molecule has 0 saturated carbocycles. The molecule has 1 fully saturated rings. The zero-order chi connectivity index (χ0) is 21.3. The number of guanidine groups is 1. The second-order valence-corrected chi connectivity index (χ2v) is 8.50. The van der Waals surface area contributed by atoms with Crippen LogP contribution in [0.25, 0.3) is 0 Å². The number of rotatable bonds is 8. The molecule has 7 nitrogen and oxygen atoms in total. The van der Waals surface area contributed by atoms with E-state index in [1.165, 1.54) is 0 Å². The minimum Gasteiger partial charge on any atom is -0.368 e. The Labute approximate surface area is 182 Å². The maximum Gasteiger partial charge on any atom is 0.253 e. The molecular formula is C22H31N5O2S. The minimum absolute atomic E-state index is 0.0765. The van der Waals surface area contributed by atoms with Crippen molar-refractivity contribution in [1.29, 1.82) is 0 Å². The highest BCUT2D eigenvalue weighted by Crippen LogP contribution is 2.18. The summed E-state index contributed by atoms with van der Waals surface area (Å²) < 4.78 is 5.45. The van der Waals surface area contributed by atoms with Gasteiger partial charge in [0.1, 0.15) is 11.1 Å². The molecule has 0 radical (unpaired) electrons. The Morgan fingerprint density at radius 1 is 1.37 bits per heavy atom. The van der Waals surface area contributed by atoms with Crippen molar-refractivity contribution < 1.29 is 9.53 Å². The fraction of sp³-hybridized carbons (Fsp3) is 0.500. The van der Waals surface area contributed by atoms with Gasteiger partial charge in [0.25, 0.3) is 5.91 Å². The number of hydrogen-bond donors (Lipinski definition) is 3. The van der Waals surface area contributed by atoms with E-state index in [2.05, 4.69) is 45.2 Å². The van der Waals surface area contributed by atoms with Crippen molar-refractivity contribution in [3.63, 3.8) is 0 Å². The fourth-order valence-corrected chi connectivity index (χ4v) is 3.99. The Kier molecular flexibility index (Phi) is 8.21. The lowest BCUT2D eigenvalue weighted by Crippen LogP contribution is -2.36. The van der Waals surface area contributed by atoms with Gasteiger partial charge in [-0.1, -0.05) is 26.0 Å². The molecule has 1 saturated heterocycles. The average molecular weight is 430 g/mol. The monoisotopic (exact) mass is 429 g/mol. The number of aliphatic imine (C=N–C) groups is 1. The Bertz CT molecular complexity index is 859. The van der Waals surface area contributed by atoms with Gasteiger partial charge in [-0.15, -0.1) is 11.3 Å². The molecule has 1 atom stereocenters. The highest BCUT2D eigenvalue weighted by atomic mass is 32.1. The van der Waals surface area contributed by atoms with Gasteiger partial charge in [0.15, 0.2) is 5.96 Å². The van der Waals surface area contributed by atoms with E-state index in [-0.39, 0.29) is 12.0 Å². The van der Waals surface area contributed by atoms with E-state index in [9.17, 15) is 4.79 Å². The van der Waals surface area contributed by atoms with Crippen molar-refractivity contribution in [3.05, 3.63) is 45.9 Å². The summed E-state index contributed by atoms with van der Waals surface area (Å²) in [5.41, 5.74) is 2.92. The first-order valence-corrected chi connectivity index (χ1v) is 11.4. The summed E-state index contributed by atoms with van der Waals surface area (Å²) >= 11 is 1.66. The summed E-state index contributed by atoms with van der Waals surface area (Å²) in [4.78, 5) is 21.6. The number of aromatic nitrogens is 1. The smallest absolute Gasteiger partial charge is 0.253 e. The van der Waals surface area contributed by atoms with Gasteiger partial charge < -0.3 is 20.7 Å². The van der Waals surface area contributed by atoms with Crippen LogP contribution in [0.5, 0.6) is 0 Å². The van der Waals surface area contributed by atoms with Crippen molar-refractivity contribution in [2.45, 2.75) is 58.7 Å². The third kappa shape index (κ3) is 6.53. The van der Waals surface area contributed by atoms with Crippen LogP contribution in [0.3, 0.4) is 0 Å². The molecule has 3 rings (SSSR count). The third-order valence-corrected chi connectivity index (χ3v) is 5.62. The van der Waals surface area contributed by atoms with E-state index in [1.54, 1.807) is 11.3 Å². The lowest BCUT2D eigenvalue weighted by atomic mass is 10.2. The molecule has 0 aliphatic carbocycles. The standard InChI is InChI=1S/C22H31N5O2S/c1-4-23-22(25-13-20-27-18(14-30-20)15(2)3)24-12-16-7-5-8-17(11-16)26-21(28)19-9-6-10-29-19/h5,7-8,11,14-15,19H,4,6,9-10,12-13H2,1-3H3,(H,26,28)(H2,23,24,25). The third-order valence-electron chi connectivity index (χ3n) is 4.75. The summed E-state index contributed by atoms with van der Waals surface area (Å²) in [6, 6.07) is 7.78. The maximum absolute atomic E-state index is 12.3. The first-order valence-electron chi connectivity index (χ1n) is 10.5. The van der Waals surface area contributed by atoms with Crippen LogP contribution in [-0.2, 0) is 22.6 Å². The SMILES string of the molecule is CCNC(=NCc1cccc(NC(=O)C2CCCO2)c1)NCc1nc(C(C)C)cs1. The van der Waals surface area contributed by atoms with Crippen LogP contribution in [0.2, 0.25) is 0 Å². The number of thiazole rings is 1. The first-order chi connectivity index (χ1) is 14.5. The van der Waals surface area contributed by atoms with E-state index < -0.39 is 0 Å². The predicted octanol–water partition coefficient (Wildman–Crippen LogP) is 3.64. The summed E-state index contributed by atoms with van der Waals surface area (Å²) in [6.07, 6.45) is 1.39. The number of hydrogen-bond acceptors (Lipinski definition) is 5. The van der Waals surface area contributed by atoms with Gasteiger partial charge in [0, 0.05) is 24.2 Å². The molecule has 1 unspecified atom stereocenters. The van der Waals surface area contributed by atoms with Crippen LogP contribution in [-0.4, -0.2) is 36.1 Å². The Morgan fingerprint density at radius 3 is 2.93 bits per heavy atom. The topological polar surface area (TPSA) is 87.6 Å². The van der Waals surface area contributed by atoms with Crippen LogP contribution >= 0.6 is 11.3 Å². The van der Waals surface area contributed by atoms with Crippen LogP contribution in [0.15, 0.2) is 34.6 Å². The summed E-state index contributed by atoms with van der Waals surface area (Å²) in [5, 5.41) is 12.7. The molecule has 1 aromatic heterocycles. The maximum atomic E-state index is 12.3. The second-order valence-electron chi connectivity index (χ2n) is 7.56. The van der Waals surface area contributed by atoms with E-state index >= 15 is 0 Å². The van der Waals surface area contributed by atoms with Gasteiger partial charge in [-0.3, -0.25) is 4.79 Å². The molecule has 3 N–H and O–H groups in total. The molecule has 30 heavy (non-hydrogen) atoms. The number of ether oxygens (including phenoxy) is 1. The van der Waals surface area contributed by atoms with Crippen molar-refractivity contribution >= 4 is 28.9 Å². The summed E-state index contributed by atoms with van der Waals surface area (Å²) in [6.45, 7) is 8.92. The van der Waals surface area contributed by atoms with Crippen LogP contribution in [0.1, 0.15) is 55.8 Å². The molecule has 1 aliphatic rings. The molecule has 0 bridgehead atoms. The quantitative estimate of drug-likeness (QED) is 0.440. The lowest BCUT2D eigenvalue weighted by molar-refractivity contribution is -0.124. The number of carbonyl (C=O) groups excluding carboxylic acids is 1. The Balaban J connectivity index is 1.57. The molecule has 8 heteroatoms. The van der Waals surface area contributed by atoms with Crippen LogP contribution < -0.4 is 16.0 Å². The van der Waals surface area contributed by atoms with Gasteiger partial charge in [0.05, 0.1) is 18.8 Å². The minimum atomic E-state index is -0.335. The molecule has 2 aromatic rings. The van der Waals surface area contributed by atoms with Gasteiger partial charge in [-0.2, -0.15) is 0 Å². The highest BCUT2D eigenvalue weighted by molar-refractivity contribution is 7.09. The fourth-order valence-electron chi connectivity index (χ4n) is 3.10. The molecule has 2 heterocycles. The zero-order valence-electron chi connectivity index (χ0n) is 17.9. The normalized spacial score (nSPS) is 16.7. The van der Waals surface area contributed by atoms with Crippen molar-refractivity contribution in [2.75, 3.05) is 18.5 Å². The van der Waals surface area contributed by atoms with Gasteiger partial charge in [0.2, 0.25) is 0 Å². The molecule has 1 amide bonds. The first kappa shape index (κ1) is 22.2. The van der Waals surface area contributed by atoms with E-state index in [1.807, 2.05) is 31.2 Å².